The normalized spacial score (nSPS) is 33.4. The zero-order chi connectivity index (χ0) is 18.8. The standard InChI is InChI=1S/C22H26ClN3O/c1-25-7-5-14(6-8-25)18-3-4-19(16-9-15(18)10-16)24-20-13-22(23)11-17(12-22)26(2)21(20)27/h3-4,9,11,13-15,24H,5-8,10,12H2,1-2H3. The Hall–Kier alpha value is -1.78. The number of carbonyl (C=O) groups is 1. The van der Waals surface area contributed by atoms with Crippen LogP contribution in [0.15, 0.2) is 58.6 Å². The van der Waals surface area contributed by atoms with Gasteiger partial charge in [0.1, 0.15) is 5.70 Å². The van der Waals surface area contributed by atoms with Crippen molar-refractivity contribution in [3.63, 3.8) is 0 Å². The minimum absolute atomic E-state index is 0.0117. The fraction of sp³-hybridized carbons (Fsp3) is 0.500. The lowest BCUT2D eigenvalue weighted by Crippen LogP contribution is -2.34. The van der Waals surface area contributed by atoms with Crippen molar-refractivity contribution in [1.82, 2.24) is 15.1 Å². The number of piperidine rings is 1. The summed E-state index contributed by atoms with van der Waals surface area (Å²) >= 11 is 6.58. The molecule has 27 heavy (non-hydrogen) atoms. The first-order chi connectivity index (χ1) is 12.9. The van der Waals surface area contributed by atoms with Gasteiger partial charge in [0, 0.05) is 30.8 Å². The van der Waals surface area contributed by atoms with E-state index in [4.69, 9.17) is 11.6 Å². The second-order valence-electron chi connectivity index (χ2n) is 8.61. The molecule has 3 heterocycles. The molecule has 0 aromatic carbocycles. The molecule has 0 spiro atoms. The molecule has 142 valence electrons. The lowest BCUT2D eigenvalue weighted by Gasteiger charge is -2.35. The highest BCUT2D eigenvalue weighted by molar-refractivity contribution is 6.28. The summed E-state index contributed by atoms with van der Waals surface area (Å²) in [6.07, 6.45) is 15.0. The van der Waals surface area contributed by atoms with Crippen LogP contribution in [-0.2, 0) is 4.79 Å². The predicted octanol–water partition coefficient (Wildman–Crippen LogP) is 3.31. The quantitative estimate of drug-likeness (QED) is 0.759. The first kappa shape index (κ1) is 17.3. The van der Waals surface area contributed by atoms with Crippen LogP contribution in [0.25, 0.3) is 0 Å². The van der Waals surface area contributed by atoms with E-state index in [0.29, 0.717) is 24.0 Å². The number of hydrogen-bond acceptors (Lipinski definition) is 3. The molecule has 1 amide bonds. The Morgan fingerprint density at radius 3 is 2.56 bits per heavy atom. The monoisotopic (exact) mass is 383 g/mol. The molecule has 2 atom stereocenters. The van der Waals surface area contributed by atoms with E-state index in [2.05, 4.69) is 35.5 Å². The molecule has 1 saturated heterocycles. The molecule has 1 fully saturated rings. The number of likely N-dealkylation sites (N-methyl/N-ethyl adjacent to an activating group) is 1. The molecule has 7 rings (SSSR count). The zero-order valence-corrected chi connectivity index (χ0v) is 16.7. The average Bonchev–Trinajstić information content (AvgIpc) is 2.93. The number of nitrogens with one attached hydrogen (secondary N) is 1. The highest BCUT2D eigenvalue weighted by Crippen LogP contribution is 2.45. The first-order valence-electron chi connectivity index (χ1n) is 9.92. The summed E-state index contributed by atoms with van der Waals surface area (Å²) < 4.78 is 0. The minimum Gasteiger partial charge on any atom is -0.351 e. The van der Waals surface area contributed by atoms with Crippen LogP contribution in [0.2, 0.25) is 0 Å². The zero-order valence-electron chi connectivity index (χ0n) is 16.0. The molecule has 0 saturated carbocycles. The Morgan fingerprint density at radius 1 is 1.15 bits per heavy atom. The van der Waals surface area contributed by atoms with E-state index >= 15 is 0 Å². The summed E-state index contributed by atoms with van der Waals surface area (Å²) in [5.74, 6) is 1.25. The van der Waals surface area contributed by atoms with Gasteiger partial charge in [-0.05, 0) is 69.1 Å². The maximum atomic E-state index is 12.8. The molecule has 2 unspecified atom stereocenters. The number of carbonyl (C=O) groups excluding carboxylic acids is 1. The molecule has 1 N–H and O–H groups in total. The van der Waals surface area contributed by atoms with Crippen molar-refractivity contribution in [2.75, 3.05) is 27.2 Å². The third kappa shape index (κ3) is 2.90. The summed E-state index contributed by atoms with van der Waals surface area (Å²) in [7, 11) is 4.03. The molecule has 0 aromatic rings. The Labute approximate surface area is 165 Å². The van der Waals surface area contributed by atoms with Gasteiger partial charge in [0.15, 0.2) is 0 Å². The summed E-state index contributed by atoms with van der Waals surface area (Å²) in [4.78, 5) is 16.4. The average molecular weight is 384 g/mol. The Bertz CT molecular complexity index is 857. The summed E-state index contributed by atoms with van der Waals surface area (Å²) in [6, 6.07) is 0. The van der Waals surface area contributed by atoms with E-state index in [-0.39, 0.29) is 5.91 Å². The third-order valence-electron chi connectivity index (χ3n) is 6.73. The molecule has 3 aliphatic heterocycles. The molecule has 0 aromatic heterocycles. The number of allylic oxidation sites excluding steroid dienone is 8. The van der Waals surface area contributed by atoms with Crippen molar-refractivity contribution in [2.24, 2.45) is 11.8 Å². The van der Waals surface area contributed by atoms with Gasteiger partial charge in [-0.15, -0.1) is 11.6 Å². The second kappa shape index (κ2) is 6.11. The highest BCUT2D eigenvalue weighted by Gasteiger charge is 2.41. The largest absolute Gasteiger partial charge is 0.351 e. The number of halogens is 1. The summed E-state index contributed by atoms with van der Waals surface area (Å²) in [5.41, 5.74) is 5.52. The molecular formula is C22H26ClN3O. The molecule has 4 bridgehead atoms. The van der Waals surface area contributed by atoms with Gasteiger partial charge >= 0.3 is 0 Å². The van der Waals surface area contributed by atoms with E-state index in [9.17, 15) is 4.79 Å². The number of amides is 1. The Morgan fingerprint density at radius 2 is 1.85 bits per heavy atom. The molecular weight excluding hydrogens is 358 g/mol. The van der Waals surface area contributed by atoms with Gasteiger partial charge in [-0.2, -0.15) is 0 Å². The van der Waals surface area contributed by atoms with Crippen molar-refractivity contribution in [1.29, 1.82) is 0 Å². The molecule has 4 aliphatic carbocycles. The van der Waals surface area contributed by atoms with Gasteiger partial charge in [-0.3, -0.25) is 4.79 Å². The number of nitrogens with zero attached hydrogens (tertiary/aromatic N) is 2. The van der Waals surface area contributed by atoms with Crippen molar-refractivity contribution >= 4 is 17.5 Å². The molecule has 5 heteroatoms. The van der Waals surface area contributed by atoms with Crippen LogP contribution in [0.5, 0.6) is 0 Å². The van der Waals surface area contributed by atoms with Crippen LogP contribution < -0.4 is 5.32 Å². The lowest BCUT2D eigenvalue weighted by atomic mass is 9.74. The van der Waals surface area contributed by atoms with Gasteiger partial charge in [0.2, 0.25) is 0 Å². The Kier molecular flexibility index (Phi) is 3.92. The van der Waals surface area contributed by atoms with Crippen LogP contribution >= 0.6 is 11.6 Å². The maximum absolute atomic E-state index is 12.8. The SMILES string of the molecule is CN1CCC(C2=CC=C(NC3=CC4(Cl)C=C(C4)N(C)C3=O)C3=CC2C3)CC1. The number of alkyl halides is 1. The van der Waals surface area contributed by atoms with Gasteiger partial charge in [0.25, 0.3) is 5.91 Å². The van der Waals surface area contributed by atoms with Gasteiger partial charge in [-0.25, -0.2) is 0 Å². The Balaban J connectivity index is 1.38. The van der Waals surface area contributed by atoms with Crippen LogP contribution in [0, 0.1) is 11.8 Å². The van der Waals surface area contributed by atoms with Crippen molar-refractivity contribution < 1.29 is 4.79 Å². The predicted molar refractivity (Wildman–Crippen MR) is 108 cm³/mol. The minimum atomic E-state index is -0.519. The summed E-state index contributed by atoms with van der Waals surface area (Å²) in [6.45, 7) is 2.36. The van der Waals surface area contributed by atoms with Crippen LogP contribution in [0.1, 0.15) is 25.7 Å². The van der Waals surface area contributed by atoms with Crippen molar-refractivity contribution in [2.45, 2.75) is 30.6 Å². The maximum Gasteiger partial charge on any atom is 0.273 e. The first-order valence-corrected chi connectivity index (χ1v) is 10.3. The lowest BCUT2D eigenvalue weighted by molar-refractivity contribution is -0.124. The number of fused-ring (bicyclic) bond motifs is 3. The van der Waals surface area contributed by atoms with Crippen LogP contribution in [0.3, 0.4) is 0 Å². The van der Waals surface area contributed by atoms with E-state index in [1.165, 1.54) is 31.5 Å². The second-order valence-corrected chi connectivity index (χ2v) is 9.32. The fourth-order valence-electron chi connectivity index (χ4n) is 4.85. The smallest absolute Gasteiger partial charge is 0.273 e. The van der Waals surface area contributed by atoms with Gasteiger partial charge in [-0.1, -0.05) is 17.7 Å². The highest BCUT2D eigenvalue weighted by atomic mass is 35.5. The van der Waals surface area contributed by atoms with E-state index in [1.54, 1.807) is 10.5 Å². The van der Waals surface area contributed by atoms with Crippen molar-refractivity contribution in [3.05, 3.63) is 58.6 Å². The number of likely N-dealkylation sites (tertiary alicyclic amines) is 1. The molecule has 0 radical (unpaired) electrons. The molecule has 4 nitrogen and oxygen atoms in total. The fourth-order valence-corrected chi connectivity index (χ4v) is 5.23. The van der Waals surface area contributed by atoms with E-state index in [0.717, 1.165) is 17.8 Å². The van der Waals surface area contributed by atoms with Crippen molar-refractivity contribution in [3.8, 4) is 0 Å². The van der Waals surface area contributed by atoms with Crippen LogP contribution in [0.4, 0.5) is 0 Å². The summed E-state index contributed by atoms with van der Waals surface area (Å²) in [5, 5.41) is 3.41. The topological polar surface area (TPSA) is 35.6 Å². The van der Waals surface area contributed by atoms with Gasteiger partial charge in [0.05, 0.1) is 4.87 Å². The molecule has 7 aliphatic rings. The number of hydrogen-bond donors (Lipinski definition) is 1. The number of rotatable bonds is 3. The van der Waals surface area contributed by atoms with E-state index < -0.39 is 4.87 Å². The van der Waals surface area contributed by atoms with E-state index in [1.807, 2.05) is 19.2 Å². The van der Waals surface area contributed by atoms with Gasteiger partial charge < -0.3 is 15.1 Å². The third-order valence-corrected chi connectivity index (χ3v) is 7.08. The van der Waals surface area contributed by atoms with Crippen LogP contribution in [-0.4, -0.2) is 47.8 Å².